The van der Waals surface area contributed by atoms with Gasteiger partial charge in [0, 0.05) is 12.7 Å². The quantitative estimate of drug-likeness (QED) is 0.317. The van der Waals surface area contributed by atoms with Gasteiger partial charge >= 0.3 is 0 Å². The van der Waals surface area contributed by atoms with Crippen LogP contribution in [0.15, 0.2) is 11.4 Å². The van der Waals surface area contributed by atoms with Crippen LogP contribution in [0.3, 0.4) is 0 Å². The number of oxime groups is 1. The number of nitrogens with one attached hydrogen (secondary N) is 1. The Kier molecular flexibility index (Phi) is 4.52. The lowest BCUT2D eigenvalue weighted by Gasteiger charge is -2.31. The molecule has 106 valence electrons. The summed E-state index contributed by atoms with van der Waals surface area (Å²) >= 11 is 0. The molecule has 19 heavy (non-hydrogen) atoms. The van der Waals surface area contributed by atoms with Crippen LogP contribution in [-0.2, 0) is 7.05 Å². The molecule has 0 aliphatic rings. The molecule has 1 aromatic rings. The highest BCUT2D eigenvalue weighted by Gasteiger charge is 2.34. The largest absolute Gasteiger partial charge is 0.409 e. The van der Waals surface area contributed by atoms with Gasteiger partial charge in [0.2, 0.25) is 0 Å². The number of nitrogens with two attached hydrogens (primary N) is 1. The Morgan fingerprint density at radius 1 is 1.58 bits per heavy atom. The van der Waals surface area contributed by atoms with Crippen LogP contribution >= 0.6 is 0 Å². The highest BCUT2D eigenvalue weighted by molar-refractivity contribution is 6.00. The molecule has 0 atom stereocenters. The second kappa shape index (κ2) is 5.73. The molecule has 0 fully saturated rings. The molecule has 0 bridgehead atoms. The van der Waals surface area contributed by atoms with E-state index in [2.05, 4.69) is 15.6 Å². The molecule has 7 nitrogen and oxygen atoms in total. The van der Waals surface area contributed by atoms with Gasteiger partial charge in [-0.2, -0.15) is 5.10 Å². The molecule has 0 spiro atoms. The van der Waals surface area contributed by atoms with Crippen LogP contribution in [-0.4, -0.2) is 32.3 Å². The number of carbonyl (C=O) groups is 1. The van der Waals surface area contributed by atoms with Crippen molar-refractivity contribution in [3.05, 3.63) is 17.5 Å². The zero-order chi connectivity index (χ0) is 14.6. The van der Waals surface area contributed by atoms with Crippen molar-refractivity contribution in [2.75, 3.05) is 0 Å². The highest BCUT2D eigenvalue weighted by atomic mass is 16.4. The monoisotopic (exact) mass is 267 g/mol. The maximum Gasteiger partial charge on any atom is 0.255 e. The van der Waals surface area contributed by atoms with Crippen molar-refractivity contribution in [3.8, 4) is 0 Å². The Bertz CT molecular complexity index is 488. The van der Waals surface area contributed by atoms with Crippen molar-refractivity contribution in [1.29, 1.82) is 0 Å². The van der Waals surface area contributed by atoms with E-state index in [1.807, 2.05) is 20.8 Å². The molecule has 1 amide bonds. The number of carbonyl (C=O) groups excluding carboxylic acids is 1. The molecule has 0 unspecified atom stereocenters. The first-order valence-corrected chi connectivity index (χ1v) is 6.21. The predicted molar refractivity (Wildman–Crippen MR) is 72.1 cm³/mol. The molecule has 0 aliphatic heterocycles. The Morgan fingerprint density at radius 3 is 2.53 bits per heavy atom. The lowest BCUT2D eigenvalue weighted by atomic mass is 9.91. The normalized spacial score (nSPS) is 12.5. The standard InChI is InChI=1S/C12H21N5O2/c1-5-12(6-2,11(13)16-19)15-10(18)9-7-14-17(4)8(9)3/h7,19H,5-6H2,1-4H3,(H2,13,16)(H,15,18). The van der Waals surface area contributed by atoms with Gasteiger partial charge in [-0.15, -0.1) is 0 Å². The van der Waals surface area contributed by atoms with Gasteiger partial charge in [-0.25, -0.2) is 0 Å². The number of rotatable bonds is 5. The zero-order valence-electron chi connectivity index (χ0n) is 11.8. The van der Waals surface area contributed by atoms with Crippen molar-refractivity contribution < 1.29 is 10.0 Å². The van der Waals surface area contributed by atoms with E-state index in [1.54, 1.807) is 11.7 Å². The molecule has 0 saturated carbocycles. The fourth-order valence-electron chi connectivity index (χ4n) is 1.96. The van der Waals surface area contributed by atoms with E-state index in [4.69, 9.17) is 10.9 Å². The highest BCUT2D eigenvalue weighted by Crippen LogP contribution is 2.17. The van der Waals surface area contributed by atoms with Gasteiger partial charge in [-0.1, -0.05) is 19.0 Å². The first-order valence-electron chi connectivity index (χ1n) is 6.21. The maximum absolute atomic E-state index is 12.3. The zero-order valence-corrected chi connectivity index (χ0v) is 11.8. The molecule has 0 saturated heterocycles. The summed E-state index contributed by atoms with van der Waals surface area (Å²) < 4.78 is 1.62. The third-order valence-corrected chi connectivity index (χ3v) is 3.64. The average molecular weight is 267 g/mol. The Balaban J connectivity index is 3.04. The minimum atomic E-state index is -0.839. The average Bonchev–Trinajstić information content (AvgIpc) is 2.75. The molecule has 0 aromatic carbocycles. The summed E-state index contributed by atoms with van der Waals surface area (Å²) in [6, 6.07) is 0. The molecule has 0 aliphatic carbocycles. The third-order valence-electron chi connectivity index (χ3n) is 3.64. The number of amides is 1. The minimum Gasteiger partial charge on any atom is -0.409 e. The first-order chi connectivity index (χ1) is 8.91. The SMILES string of the molecule is CCC(CC)(NC(=O)c1cnn(C)c1C)/C(N)=N/O. The van der Waals surface area contributed by atoms with Crippen molar-refractivity contribution >= 4 is 11.7 Å². The van der Waals surface area contributed by atoms with Crippen LogP contribution in [0.1, 0.15) is 42.7 Å². The summed E-state index contributed by atoms with van der Waals surface area (Å²) in [5.41, 5.74) is 6.12. The van der Waals surface area contributed by atoms with Crippen LogP contribution in [0.4, 0.5) is 0 Å². The molecule has 1 aromatic heterocycles. The molecular weight excluding hydrogens is 246 g/mol. The third kappa shape index (κ3) is 2.69. The summed E-state index contributed by atoms with van der Waals surface area (Å²) in [7, 11) is 1.77. The number of aromatic nitrogens is 2. The van der Waals surface area contributed by atoms with E-state index >= 15 is 0 Å². The summed E-state index contributed by atoms with van der Waals surface area (Å²) in [6.07, 6.45) is 2.57. The summed E-state index contributed by atoms with van der Waals surface area (Å²) in [4.78, 5) is 12.3. The molecule has 0 radical (unpaired) electrons. The van der Waals surface area contributed by atoms with Gasteiger partial charge in [0.05, 0.1) is 11.8 Å². The molecular formula is C12H21N5O2. The summed E-state index contributed by atoms with van der Waals surface area (Å²) in [5, 5.41) is 18.8. The molecule has 1 heterocycles. The van der Waals surface area contributed by atoms with Gasteiger partial charge in [-0.3, -0.25) is 9.48 Å². The van der Waals surface area contributed by atoms with Crippen LogP contribution in [0.5, 0.6) is 0 Å². The molecule has 1 rings (SSSR count). The first kappa shape index (κ1) is 15.0. The van der Waals surface area contributed by atoms with E-state index in [0.717, 1.165) is 5.69 Å². The second-order valence-corrected chi connectivity index (χ2v) is 4.50. The van der Waals surface area contributed by atoms with Gasteiger partial charge in [0.15, 0.2) is 5.84 Å². The molecule has 7 heteroatoms. The summed E-state index contributed by atoms with van der Waals surface area (Å²) in [6.45, 7) is 5.56. The Labute approximate surface area is 112 Å². The van der Waals surface area contributed by atoms with E-state index < -0.39 is 5.54 Å². The Morgan fingerprint density at radius 2 is 2.16 bits per heavy atom. The van der Waals surface area contributed by atoms with E-state index in [9.17, 15) is 4.79 Å². The van der Waals surface area contributed by atoms with Crippen LogP contribution < -0.4 is 11.1 Å². The van der Waals surface area contributed by atoms with Crippen LogP contribution in [0.25, 0.3) is 0 Å². The second-order valence-electron chi connectivity index (χ2n) is 4.50. The number of aryl methyl sites for hydroxylation is 1. The fraction of sp³-hybridized carbons (Fsp3) is 0.583. The van der Waals surface area contributed by atoms with Gasteiger partial charge in [0.25, 0.3) is 5.91 Å². The van der Waals surface area contributed by atoms with Gasteiger partial charge in [-0.05, 0) is 19.8 Å². The van der Waals surface area contributed by atoms with E-state index in [0.29, 0.717) is 18.4 Å². The number of amidine groups is 1. The van der Waals surface area contributed by atoms with Crippen molar-refractivity contribution in [3.63, 3.8) is 0 Å². The van der Waals surface area contributed by atoms with Crippen molar-refractivity contribution in [1.82, 2.24) is 15.1 Å². The fourth-order valence-corrected chi connectivity index (χ4v) is 1.96. The number of nitrogens with zero attached hydrogens (tertiary/aromatic N) is 3. The van der Waals surface area contributed by atoms with Gasteiger partial charge < -0.3 is 16.3 Å². The summed E-state index contributed by atoms with van der Waals surface area (Å²) in [5.74, 6) is -0.270. The van der Waals surface area contributed by atoms with Crippen molar-refractivity contribution in [2.24, 2.45) is 17.9 Å². The topological polar surface area (TPSA) is 106 Å². The van der Waals surface area contributed by atoms with E-state index in [-0.39, 0.29) is 11.7 Å². The number of hydrogen-bond donors (Lipinski definition) is 3. The maximum atomic E-state index is 12.3. The van der Waals surface area contributed by atoms with Gasteiger partial charge in [0.1, 0.15) is 5.54 Å². The predicted octanol–water partition coefficient (Wildman–Crippen LogP) is 0.764. The van der Waals surface area contributed by atoms with E-state index in [1.165, 1.54) is 6.20 Å². The van der Waals surface area contributed by atoms with Crippen molar-refractivity contribution in [2.45, 2.75) is 39.2 Å². The van der Waals surface area contributed by atoms with Crippen LogP contribution in [0.2, 0.25) is 0 Å². The lowest BCUT2D eigenvalue weighted by Crippen LogP contribution is -2.56. The van der Waals surface area contributed by atoms with Crippen LogP contribution in [0, 0.1) is 6.92 Å². The number of hydrogen-bond acceptors (Lipinski definition) is 4. The minimum absolute atomic E-state index is 0.00685. The Hall–Kier alpha value is -2.05. The lowest BCUT2D eigenvalue weighted by molar-refractivity contribution is 0.0917. The smallest absolute Gasteiger partial charge is 0.255 e. The molecule has 4 N–H and O–H groups in total.